The largest absolute Gasteiger partial charge is 0.455 e. The van der Waals surface area contributed by atoms with E-state index in [2.05, 4.69) is 196 Å². The topological polar surface area (TPSA) is 66.6 Å². The molecule has 0 aliphatic heterocycles. The molecule has 9 aromatic carbocycles. The summed E-state index contributed by atoms with van der Waals surface area (Å²) < 4.78 is 13.5. The number of hydrogen-bond acceptors (Lipinski definition) is 4. The number of benzene rings is 9. The molecule has 0 radical (unpaired) electrons. The van der Waals surface area contributed by atoms with Crippen LogP contribution in [-0.2, 0) is 0 Å². The molecule has 7 heteroatoms. The highest BCUT2D eigenvalue weighted by Gasteiger charge is 2.23. The maximum Gasteiger partial charge on any atom is 0.238 e. The lowest BCUT2D eigenvalue weighted by Gasteiger charge is -2.12. The molecule has 0 N–H and O–H groups in total. The molecule has 7 nitrogen and oxygen atoms in total. The molecule has 5 heterocycles. The summed E-state index contributed by atoms with van der Waals surface area (Å²) in [5.41, 5.74) is 12.1. The van der Waals surface area contributed by atoms with Gasteiger partial charge in [0.1, 0.15) is 11.2 Å². The predicted octanol–water partition coefficient (Wildman–Crippen LogP) is 14.4. The van der Waals surface area contributed by atoms with Crippen molar-refractivity contribution >= 4 is 87.4 Å². The Labute approximate surface area is 365 Å². The van der Waals surface area contributed by atoms with Crippen molar-refractivity contribution in [3.05, 3.63) is 206 Å². The highest BCUT2D eigenvalue weighted by Crippen LogP contribution is 2.43. The van der Waals surface area contributed by atoms with Gasteiger partial charge in [-0.25, -0.2) is 4.98 Å². The van der Waals surface area contributed by atoms with Crippen molar-refractivity contribution in [1.82, 2.24) is 28.7 Å². The first kappa shape index (κ1) is 34.9. The molecule has 64 heavy (non-hydrogen) atoms. The van der Waals surface area contributed by atoms with Crippen molar-refractivity contribution < 1.29 is 4.42 Å². The molecular weight excluding hydrogens is 785 g/mol. The van der Waals surface area contributed by atoms with E-state index in [1.54, 1.807) is 0 Å². The van der Waals surface area contributed by atoms with E-state index in [0.29, 0.717) is 17.6 Å². The van der Waals surface area contributed by atoms with Crippen LogP contribution in [0.4, 0.5) is 0 Å². The second kappa shape index (κ2) is 13.3. The molecule has 0 unspecified atom stereocenters. The molecule has 0 atom stereocenters. The van der Waals surface area contributed by atoms with Gasteiger partial charge in [0.25, 0.3) is 0 Å². The van der Waals surface area contributed by atoms with Crippen LogP contribution in [0.25, 0.3) is 127 Å². The normalized spacial score (nSPS) is 12.1. The molecule has 298 valence electrons. The van der Waals surface area contributed by atoms with Gasteiger partial charge in [0.15, 0.2) is 11.6 Å². The van der Waals surface area contributed by atoms with Crippen LogP contribution in [0.15, 0.2) is 211 Å². The molecule has 14 rings (SSSR count). The van der Waals surface area contributed by atoms with Crippen LogP contribution >= 0.6 is 0 Å². The Balaban J connectivity index is 0.980. The quantitative estimate of drug-likeness (QED) is 0.173. The van der Waals surface area contributed by atoms with Crippen LogP contribution in [0.5, 0.6) is 0 Å². The molecule has 0 saturated heterocycles. The summed E-state index contributed by atoms with van der Waals surface area (Å²) in [6.07, 6.45) is 0. The molecule has 0 bridgehead atoms. The minimum atomic E-state index is 0.538. The molecular formula is C57H34N6O. The van der Waals surface area contributed by atoms with Crippen LogP contribution < -0.4 is 0 Å². The molecule has 14 aromatic rings. The molecule has 5 aromatic heterocycles. The number of furan rings is 1. The summed E-state index contributed by atoms with van der Waals surface area (Å²) in [5, 5.41) is 9.27. The van der Waals surface area contributed by atoms with Crippen LogP contribution in [-0.4, -0.2) is 28.7 Å². The predicted molar refractivity (Wildman–Crippen MR) is 261 cm³/mol. The summed E-state index contributed by atoms with van der Waals surface area (Å²) in [6.45, 7) is 0. The van der Waals surface area contributed by atoms with E-state index >= 15 is 0 Å². The summed E-state index contributed by atoms with van der Waals surface area (Å²) in [6, 6.07) is 72.5. The SMILES string of the molecule is c1ccc(-n2c3ccccc3c3c4c5ccccc5n(-c5ccc(-c6nc(-c7cccc8c7oc7ccccc78)nc(-n7c8ccccc8c8ccccc87)n6)cc5)c4ccc32)cc1. The molecule has 0 amide bonds. The smallest absolute Gasteiger partial charge is 0.238 e. The van der Waals surface area contributed by atoms with E-state index < -0.39 is 0 Å². The fourth-order valence-corrected chi connectivity index (χ4v) is 10.2. The molecule has 0 fully saturated rings. The van der Waals surface area contributed by atoms with Gasteiger partial charge in [0.05, 0.1) is 38.7 Å². The van der Waals surface area contributed by atoms with E-state index in [1.807, 2.05) is 24.3 Å². The number of para-hydroxylation sites is 7. The first-order chi connectivity index (χ1) is 31.8. The second-order valence-electron chi connectivity index (χ2n) is 16.4. The monoisotopic (exact) mass is 818 g/mol. The Kier molecular flexibility index (Phi) is 7.27. The number of fused-ring (bicyclic) bond motifs is 13. The molecule has 0 aliphatic rings. The third-order valence-corrected chi connectivity index (χ3v) is 12.9. The van der Waals surface area contributed by atoms with Gasteiger partial charge >= 0.3 is 0 Å². The van der Waals surface area contributed by atoms with E-state index in [4.69, 9.17) is 19.4 Å². The van der Waals surface area contributed by atoms with Crippen molar-refractivity contribution in [3.63, 3.8) is 0 Å². The Bertz CT molecular complexity index is 4140. The van der Waals surface area contributed by atoms with Gasteiger partial charge in [0.2, 0.25) is 5.95 Å². The number of nitrogens with zero attached hydrogens (tertiary/aromatic N) is 6. The maximum absolute atomic E-state index is 6.54. The van der Waals surface area contributed by atoms with Gasteiger partial charge in [0, 0.05) is 60.0 Å². The third kappa shape index (κ3) is 4.94. The number of aromatic nitrogens is 6. The van der Waals surface area contributed by atoms with Crippen LogP contribution in [0.3, 0.4) is 0 Å². The Morgan fingerprint density at radius 3 is 1.42 bits per heavy atom. The van der Waals surface area contributed by atoms with Crippen LogP contribution in [0, 0.1) is 0 Å². The zero-order valence-corrected chi connectivity index (χ0v) is 34.2. The summed E-state index contributed by atoms with van der Waals surface area (Å²) >= 11 is 0. The Morgan fingerprint density at radius 2 is 0.797 bits per heavy atom. The lowest BCUT2D eigenvalue weighted by Crippen LogP contribution is -2.06. The average Bonchev–Trinajstić information content (AvgIpc) is 4.11. The number of rotatable bonds is 5. The van der Waals surface area contributed by atoms with Gasteiger partial charge in [-0.05, 0) is 84.9 Å². The van der Waals surface area contributed by atoms with Crippen molar-refractivity contribution in [2.75, 3.05) is 0 Å². The fourth-order valence-electron chi connectivity index (χ4n) is 10.2. The fraction of sp³-hybridized carbons (Fsp3) is 0. The first-order valence-corrected chi connectivity index (χ1v) is 21.5. The molecule has 0 saturated carbocycles. The van der Waals surface area contributed by atoms with Crippen LogP contribution in [0.1, 0.15) is 0 Å². The third-order valence-electron chi connectivity index (χ3n) is 12.9. The lowest BCUT2D eigenvalue weighted by atomic mass is 10.1. The zero-order chi connectivity index (χ0) is 41.9. The van der Waals surface area contributed by atoms with Crippen molar-refractivity contribution in [2.24, 2.45) is 0 Å². The molecule has 0 aliphatic carbocycles. The van der Waals surface area contributed by atoms with E-state index in [9.17, 15) is 0 Å². The van der Waals surface area contributed by atoms with E-state index in [1.165, 1.54) is 32.6 Å². The van der Waals surface area contributed by atoms with Gasteiger partial charge in [-0.3, -0.25) is 4.57 Å². The average molecular weight is 819 g/mol. The summed E-state index contributed by atoms with van der Waals surface area (Å²) in [5.74, 6) is 1.64. The van der Waals surface area contributed by atoms with E-state index in [-0.39, 0.29) is 0 Å². The number of hydrogen-bond donors (Lipinski definition) is 0. The second-order valence-corrected chi connectivity index (χ2v) is 16.4. The highest BCUT2D eigenvalue weighted by molar-refractivity contribution is 6.29. The summed E-state index contributed by atoms with van der Waals surface area (Å²) in [4.78, 5) is 15.8. The van der Waals surface area contributed by atoms with Crippen molar-refractivity contribution in [3.8, 4) is 40.1 Å². The van der Waals surface area contributed by atoms with Crippen molar-refractivity contribution in [1.29, 1.82) is 0 Å². The standard InChI is InChI=1S/C57H34N6O/c1-2-15-36(16-3-1)61-47-26-11-6-20-42(47)52-49(61)33-34-50-53(52)43-21-7-12-27-48(43)62(50)37-31-29-35(30-32-37)55-58-56(44-23-14-22-41-40-19-8-13-28-51(40)64-54(41)44)60-57(59-55)63-45-24-9-4-17-38(45)39-18-5-10-25-46(39)63/h1-34H. The van der Waals surface area contributed by atoms with Crippen LogP contribution in [0.2, 0.25) is 0 Å². The van der Waals surface area contributed by atoms with Gasteiger partial charge in [-0.1, -0.05) is 121 Å². The van der Waals surface area contributed by atoms with E-state index in [0.717, 1.165) is 77.3 Å². The minimum Gasteiger partial charge on any atom is -0.455 e. The Hall–Kier alpha value is -8.81. The minimum absolute atomic E-state index is 0.538. The van der Waals surface area contributed by atoms with Gasteiger partial charge in [-0.2, -0.15) is 9.97 Å². The van der Waals surface area contributed by atoms with Crippen molar-refractivity contribution in [2.45, 2.75) is 0 Å². The Morgan fingerprint density at radius 1 is 0.312 bits per heavy atom. The lowest BCUT2D eigenvalue weighted by molar-refractivity contribution is 0.669. The van der Waals surface area contributed by atoms with Gasteiger partial charge < -0.3 is 13.6 Å². The summed E-state index contributed by atoms with van der Waals surface area (Å²) in [7, 11) is 0. The van der Waals surface area contributed by atoms with Gasteiger partial charge in [-0.15, -0.1) is 0 Å². The molecule has 0 spiro atoms. The first-order valence-electron chi connectivity index (χ1n) is 21.5. The zero-order valence-electron chi connectivity index (χ0n) is 34.2. The highest BCUT2D eigenvalue weighted by atomic mass is 16.3. The maximum atomic E-state index is 6.54.